The van der Waals surface area contributed by atoms with Gasteiger partial charge in [0.2, 0.25) is 5.95 Å². The second-order valence-corrected chi connectivity index (χ2v) is 8.42. The first-order valence-corrected chi connectivity index (χ1v) is 10.7. The second kappa shape index (κ2) is 9.05. The molecule has 1 aromatic carbocycles. The Morgan fingerprint density at radius 3 is 2.47 bits per heavy atom. The first-order valence-electron chi connectivity index (χ1n) is 10.7. The molecule has 1 aliphatic rings. The van der Waals surface area contributed by atoms with Gasteiger partial charge in [-0.25, -0.2) is 23.7 Å². The molecular formula is C22H27F2N5O3. The molecule has 2 heterocycles. The van der Waals surface area contributed by atoms with Crippen LogP contribution in [0.1, 0.15) is 51.4 Å². The molecule has 10 heteroatoms. The zero-order chi connectivity index (χ0) is 23.0. The van der Waals surface area contributed by atoms with Crippen LogP contribution in [0.4, 0.5) is 14.7 Å². The number of halogens is 2. The van der Waals surface area contributed by atoms with Gasteiger partial charge in [0.1, 0.15) is 17.0 Å². The summed E-state index contributed by atoms with van der Waals surface area (Å²) < 4.78 is 36.4. The predicted molar refractivity (Wildman–Crippen MR) is 115 cm³/mol. The van der Waals surface area contributed by atoms with E-state index in [4.69, 9.17) is 14.9 Å². The fourth-order valence-corrected chi connectivity index (χ4v) is 4.39. The molecule has 3 N–H and O–H groups in total. The van der Waals surface area contributed by atoms with Crippen molar-refractivity contribution in [2.24, 2.45) is 0 Å². The number of aryl methyl sites for hydroxylation is 1. The van der Waals surface area contributed by atoms with Gasteiger partial charge >= 0.3 is 0 Å². The molecule has 0 aliphatic heterocycles. The Kier molecular flexibility index (Phi) is 6.36. The van der Waals surface area contributed by atoms with Crippen LogP contribution in [0.15, 0.2) is 18.3 Å². The minimum atomic E-state index is -1.78. The zero-order valence-corrected chi connectivity index (χ0v) is 18.2. The van der Waals surface area contributed by atoms with E-state index in [0.29, 0.717) is 42.6 Å². The van der Waals surface area contributed by atoms with E-state index in [0.717, 1.165) is 6.20 Å². The van der Waals surface area contributed by atoms with Crippen LogP contribution in [-0.4, -0.2) is 48.4 Å². The molecule has 172 valence electrons. The molecule has 0 bridgehead atoms. The largest absolute Gasteiger partial charge is 0.351 e. The first-order chi connectivity index (χ1) is 15.2. The highest BCUT2D eigenvalue weighted by Gasteiger charge is 2.24. The standard InChI is InChI=1S/C22H27F2N5O3/c1-11(2)29-12(3)26-20-16(23)8-13(9-18(20)29)19-17(24)10-25-21(28-19)27-14-4-6-15(7-5-14)32-22(30)31/h8-11,14-15,22,30-31H,4-7H2,1-3H3,(H,25,27,28). The molecule has 0 saturated heterocycles. The van der Waals surface area contributed by atoms with Crippen LogP contribution in [0.25, 0.3) is 22.3 Å². The zero-order valence-electron chi connectivity index (χ0n) is 18.2. The Balaban J connectivity index is 1.60. The summed E-state index contributed by atoms with van der Waals surface area (Å²) in [6.07, 6.45) is 3.56. The van der Waals surface area contributed by atoms with Gasteiger partial charge in [0.05, 0.1) is 17.8 Å². The SMILES string of the molecule is Cc1nc2c(F)cc(-c3nc(NC4CCC(OC(O)O)CC4)ncc3F)cc2n1C(C)C. The van der Waals surface area contributed by atoms with Gasteiger partial charge in [0.25, 0.3) is 6.48 Å². The van der Waals surface area contributed by atoms with Crippen molar-refractivity contribution in [3.05, 3.63) is 35.8 Å². The van der Waals surface area contributed by atoms with Crippen molar-refractivity contribution in [3.63, 3.8) is 0 Å². The minimum Gasteiger partial charge on any atom is -0.351 e. The summed E-state index contributed by atoms with van der Waals surface area (Å²) in [5.41, 5.74) is 1.16. The number of fused-ring (bicyclic) bond motifs is 1. The first kappa shape index (κ1) is 22.5. The average molecular weight is 447 g/mol. The Morgan fingerprint density at radius 1 is 1.09 bits per heavy atom. The normalized spacial score (nSPS) is 19.3. The lowest BCUT2D eigenvalue weighted by Crippen LogP contribution is -2.32. The number of anilines is 1. The number of aliphatic hydroxyl groups is 2. The maximum atomic E-state index is 14.8. The van der Waals surface area contributed by atoms with Gasteiger partial charge in [-0.05, 0) is 58.6 Å². The summed E-state index contributed by atoms with van der Waals surface area (Å²) in [6, 6.07) is 3.05. The van der Waals surface area contributed by atoms with Crippen LogP contribution in [0, 0.1) is 18.6 Å². The van der Waals surface area contributed by atoms with Crippen molar-refractivity contribution in [2.75, 3.05) is 5.32 Å². The molecule has 1 saturated carbocycles. The number of hydrogen-bond donors (Lipinski definition) is 3. The van der Waals surface area contributed by atoms with Crippen molar-refractivity contribution >= 4 is 17.0 Å². The van der Waals surface area contributed by atoms with E-state index in [9.17, 15) is 8.78 Å². The van der Waals surface area contributed by atoms with E-state index in [1.807, 2.05) is 25.3 Å². The highest BCUT2D eigenvalue weighted by molar-refractivity contribution is 5.83. The number of rotatable bonds is 6. The number of ether oxygens (including phenoxy) is 1. The van der Waals surface area contributed by atoms with E-state index in [-0.39, 0.29) is 35.3 Å². The third kappa shape index (κ3) is 4.57. The highest BCUT2D eigenvalue weighted by atomic mass is 19.1. The topological polar surface area (TPSA) is 105 Å². The monoisotopic (exact) mass is 447 g/mol. The van der Waals surface area contributed by atoms with E-state index >= 15 is 0 Å². The number of imidazole rings is 1. The maximum Gasteiger partial charge on any atom is 0.266 e. The fourth-order valence-electron chi connectivity index (χ4n) is 4.39. The quantitative estimate of drug-likeness (QED) is 0.495. The Morgan fingerprint density at radius 2 is 1.81 bits per heavy atom. The third-order valence-corrected chi connectivity index (χ3v) is 5.78. The Bertz CT molecular complexity index is 1110. The number of nitrogens with zero attached hydrogens (tertiary/aromatic N) is 4. The van der Waals surface area contributed by atoms with Crippen LogP contribution in [-0.2, 0) is 4.74 Å². The van der Waals surface area contributed by atoms with Crippen LogP contribution >= 0.6 is 0 Å². The summed E-state index contributed by atoms with van der Waals surface area (Å²) in [5.74, 6) is -0.237. The molecule has 3 aromatic rings. The van der Waals surface area contributed by atoms with E-state index in [1.165, 1.54) is 6.07 Å². The van der Waals surface area contributed by atoms with Gasteiger partial charge in [-0.1, -0.05) is 0 Å². The lowest BCUT2D eigenvalue weighted by molar-refractivity contribution is -0.259. The van der Waals surface area contributed by atoms with E-state index < -0.39 is 18.1 Å². The van der Waals surface area contributed by atoms with Crippen LogP contribution in [0.3, 0.4) is 0 Å². The molecule has 0 amide bonds. The smallest absolute Gasteiger partial charge is 0.266 e. The number of hydrogen-bond acceptors (Lipinski definition) is 7. The molecule has 8 nitrogen and oxygen atoms in total. The van der Waals surface area contributed by atoms with Crippen LogP contribution in [0.5, 0.6) is 0 Å². The maximum absolute atomic E-state index is 14.8. The molecule has 0 unspecified atom stereocenters. The molecule has 2 aromatic heterocycles. The summed E-state index contributed by atoms with van der Waals surface area (Å²) in [5, 5.41) is 21.1. The van der Waals surface area contributed by atoms with Crippen molar-refractivity contribution in [3.8, 4) is 11.3 Å². The Hall–Kier alpha value is -2.69. The van der Waals surface area contributed by atoms with Gasteiger partial charge in [-0.3, -0.25) is 0 Å². The molecule has 0 atom stereocenters. The van der Waals surface area contributed by atoms with Crippen molar-refractivity contribution in [2.45, 2.75) is 71.1 Å². The molecule has 4 rings (SSSR count). The molecule has 1 aliphatic carbocycles. The molecule has 0 radical (unpaired) electrons. The summed E-state index contributed by atoms with van der Waals surface area (Å²) >= 11 is 0. The molecule has 0 spiro atoms. The second-order valence-electron chi connectivity index (χ2n) is 8.42. The number of aliphatic hydroxyl groups excluding tert-OH is 1. The lowest BCUT2D eigenvalue weighted by atomic mass is 9.93. The minimum absolute atomic E-state index is 0.0119. The summed E-state index contributed by atoms with van der Waals surface area (Å²) in [7, 11) is 0. The third-order valence-electron chi connectivity index (χ3n) is 5.78. The van der Waals surface area contributed by atoms with Gasteiger partial charge in [0, 0.05) is 17.6 Å². The highest BCUT2D eigenvalue weighted by Crippen LogP contribution is 2.31. The predicted octanol–water partition coefficient (Wildman–Crippen LogP) is 3.67. The average Bonchev–Trinajstić information content (AvgIpc) is 3.07. The van der Waals surface area contributed by atoms with Crippen molar-refractivity contribution in [1.29, 1.82) is 0 Å². The van der Waals surface area contributed by atoms with Gasteiger partial charge < -0.3 is 24.8 Å². The van der Waals surface area contributed by atoms with Gasteiger partial charge in [-0.2, -0.15) is 0 Å². The number of aromatic nitrogens is 4. The number of nitrogens with one attached hydrogen (secondary N) is 1. The molecular weight excluding hydrogens is 420 g/mol. The Labute approximate surface area is 184 Å². The fraction of sp³-hybridized carbons (Fsp3) is 0.500. The van der Waals surface area contributed by atoms with E-state index in [2.05, 4.69) is 20.3 Å². The van der Waals surface area contributed by atoms with Crippen molar-refractivity contribution < 1.29 is 23.7 Å². The van der Waals surface area contributed by atoms with Crippen molar-refractivity contribution in [1.82, 2.24) is 19.5 Å². The summed E-state index contributed by atoms with van der Waals surface area (Å²) in [4.78, 5) is 12.7. The van der Waals surface area contributed by atoms with Gasteiger partial charge in [-0.15, -0.1) is 0 Å². The van der Waals surface area contributed by atoms with Gasteiger partial charge in [0.15, 0.2) is 11.6 Å². The summed E-state index contributed by atoms with van der Waals surface area (Å²) in [6.45, 7) is 3.99. The number of benzene rings is 1. The molecule has 32 heavy (non-hydrogen) atoms. The van der Waals surface area contributed by atoms with Crippen LogP contribution in [0.2, 0.25) is 0 Å². The lowest BCUT2D eigenvalue weighted by Gasteiger charge is -2.29. The molecule has 1 fully saturated rings. The van der Waals surface area contributed by atoms with Crippen LogP contribution < -0.4 is 5.32 Å². The van der Waals surface area contributed by atoms with E-state index in [1.54, 1.807) is 6.07 Å².